The number of rotatable bonds is 3. The third-order valence-corrected chi connectivity index (χ3v) is 4.01. The maximum atomic E-state index is 4.77. The van der Waals surface area contributed by atoms with Gasteiger partial charge in [-0.2, -0.15) is 0 Å². The van der Waals surface area contributed by atoms with Crippen molar-refractivity contribution in [2.24, 2.45) is 5.92 Å². The van der Waals surface area contributed by atoms with Gasteiger partial charge in [0, 0.05) is 18.2 Å². The summed E-state index contributed by atoms with van der Waals surface area (Å²) in [6.45, 7) is 6.48. The summed E-state index contributed by atoms with van der Waals surface area (Å²) in [6.07, 6.45) is 4.10. The van der Waals surface area contributed by atoms with Gasteiger partial charge in [-0.1, -0.05) is 17.7 Å². The average molecular weight is 267 g/mol. The zero-order valence-corrected chi connectivity index (χ0v) is 12.2. The number of hydrogen-bond donors (Lipinski definition) is 1. The van der Waals surface area contributed by atoms with Crippen molar-refractivity contribution < 1.29 is 0 Å². The molecule has 1 aromatic carbocycles. The highest BCUT2D eigenvalue weighted by molar-refractivity contribution is 5.64. The molecule has 1 saturated heterocycles. The largest absolute Gasteiger partial charge is 0.316 e. The normalized spacial score (nSPS) is 18.4. The fourth-order valence-corrected chi connectivity index (χ4v) is 2.81. The van der Waals surface area contributed by atoms with Crippen molar-refractivity contribution >= 4 is 0 Å². The Labute approximate surface area is 120 Å². The number of nitrogens with one attached hydrogen (secondary N) is 1. The minimum atomic E-state index is 0.684. The van der Waals surface area contributed by atoms with Crippen molar-refractivity contribution in [2.45, 2.75) is 26.7 Å². The Balaban J connectivity index is 1.88. The molecular weight excluding hydrogens is 246 g/mol. The van der Waals surface area contributed by atoms with Gasteiger partial charge in [-0.15, -0.1) is 0 Å². The van der Waals surface area contributed by atoms with Crippen LogP contribution in [0, 0.1) is 19.8 Å². The predicted molar refractivity (Wildman–Crippen MR) is 81.6 cm³/mol. The summed E-state index contributed by atoms with van der Waals surface area (Å²) < 4.78 is 0. The molecule has 1 unspecified atom stereocenters. The van der Waals surface area contributed by atoms with E-state index in [1.165, 1.54) is 23.1 Å². The van der Waals surface area contributed by atoms with Gasteiger partial charge in [0.1, 0.15) is 5.82 Å². The quantitative estimate of drug-likeness (QED) is 0.929. The number of aromatic nitrogens is 2. The van der Waals surface area contributed by atoms with Crippen molar-refractivity contribution in [2.75, 3.05) is 13.1 Å². The topological polar surface area (TPSA) is 37.8 Å². The van der Waals surface area contributed by atoms with Crippen LogP contribution in [0.1, 0.15) is 23.4 Å². The number of aryl methyl sites for hydroxylation is 2. The molecule has 0 radical (unpaired) electrons. The summed E-state index contributed by atoms with van der Waals surface area (Å²) in [5.74, 6) is 1.65. The third kappa shape index (κ3) is 2.88. The van der Waals surface area contributed by atoms with Crippen LogP contribution in [-0.2, 0) is 6.42 Å². The molecule has 1 aromatic heterocycles. The first-order chi connectivity index (χ1) is 9.72. The molecule has 20 heavy (non-hydrogen) atoms. The molecule has 2 heterocycles. The maximum absolute atomic E-state index is 4.77. The van der Waals surface area contributed by atoms with E-state index in [1.54, 1.807) is 0 Å². The summed E-state index contributed by atoms with van der Waals surface area (Å²) in [4.78, 5) is 9.21. The van der Waals surface area contributed by atoms with Crippen LogP contribution >= 0.6 is 0 Å². The van der Waals surface area contributed by atoms with E-state index in [0.29, 0.717) is 5.92 Å². The first-order valence-electron chi connectivity index (χ1n) is 7.32. The average Bonchev–Trinajstić information content (AvgIpc) is 2.95. The van der Waals surface area contributed by atoms with Crippen LogP contribution in [0.25, 0.3) is 11.3 Å². The van der Waals surface area contributed by atoms with Crippen LogP contribution in [0.2, 0.25) is 0 Å². The molecular formula is C17H21N3. The Hall–Kier alpha value is -1.74. The van der Waals surface area contributed by atoms with Gasteiger partial charge < -0.3 is 5.32 Å². The molecule has 1 N–H and O–H groups in total. The van der Waals surface area contributed by atoms with E-state index in [4.69, 9.17) is 4.98 Å². The molecule has 1 fully saturated rings. The fourth-order valence-electron chi connectivity index (χ4n) is 2.81. The molecule has 0 saturated carbocycles. The standard InChI is InChI=1S/C17H21N3/c1-12-3-4-13(2)15(9-12)16-6-8-19-17(20-16)10-14-5-7-18-11-14/h3-4,6,8-9,14,18H,5,7,10-11H2,1-2H3. The van der Waals surface area contributed by atoms with Gasteiger partial charge in [0.05, 0.1) is 5.69 Å². The highest BCUT2D eigenvalue weighted by atomic mass is 14.9. The molecule has 0 bridgehead atoms. The van der Waals surface area contributed by atoms with E-state index in [2.05, 4.69) is 42.3 Å². The first-order valence-corrected chi connectivity index (χ1v) is 7.32. The van der Waals surface area contributed by atoms with Crippen molar-refractivity contribution in [3.8, 4) is 11.3 Å². The maximum Gasteiger partial charge on any atom is 0.129 e. The second kappa shape index (κ2) is 5.71. The number of hydrogen-bond acceptors (Lipinski definition) is 3. The van der Waals surface area contributed by atoms with E-state index >= 15 is 0 Å². The lowest BCUT2D eigenvalue weighted by molar-refractivity contribution is 0.561. The van der Waals surface area contributed by atoms with Crippen molar-refractivity contribution in [1.29, 1.82) is 0 Å². The highest BCUT2D eigenvalue weighted by Crippen LogP contribution is 2.23. The van der Waals surface area contributed by atoms with Gasteiger partial charge in [0.2, 0.25) is 0 Å². The van der Waals surface area contributed by atoms with Crippen molar-refractivity contribution in [3.63, 3.8) is 0 Å². The Morgan fingerprint density at radius 2 is 2.15 bits per heavy atom. The zero-order valence-electron chi connectivity index (χ0n) is 12.2. The lowest BCUT2D eigenvalue weighted by Gasteiger charge is -2.10. The van der Waals surface area contributed by atoms with E-state index in [-0.39, 0.29) is 0 Å². The lowest BCUT2D eigenvalue weighted by atomic mass is 10.0. The molecule has 104 valence electrons. The molecule has 1 aliphatic rings. The summed E-state index contributed by atoms with van der Waals surface area (Å²) in [5.41, 5.74) is 4.80. The summed E-state index contributed by atoms with van der Waals surface area (Å²) >= 11 is 0. The summed E-state index contributed by atoms with van der Waals surface area (Å²) in [5, 5.41) is 3.40. The second-order valence-corrected chi connectivity index (χ2v) is 5.74. The van der Waals surface area contributed by atoms with Crippen LogP contribution < -0.4 is 5.32 Å². The van der Waals surface area contributed by atoms with Crippen molar-refractivity contribution in [3.05, 3.63) is 47.4 Å². The second-order valence-electron chi connectivity index (χ2n) is 5.74. The third-order valence-electron chi connectivity index (χ3n) is 4.01. The smallest absolute Gasteiger partial charge is 0.129 e. The molecule has 2 aromatic rings. The predicted octanol–water partition coefficient (Wildman–Crippen LogP) is 2.91. The van der Waals surface area contributed by atoms with E-state index < -0.39 is 0 Å². The van der Waals surface area contributed by atoms with E-state index in [1.807, 2.05) is 12.3 Å². The van der Waals surface area contributed by atoms with Crippen LogP contribution in [-0.4, -0.2) is 23.1 Å². The zero-order chi connectivity index (χ0) is 13.9. The minimum Gasteiger partial charge on any atom is -0.316 e. The molecule has 3 rings (SSSR count). The summed E-state index contributed by atoms with van der Waals surface area (Å²) in [7, 11) is 0. The monoisotopic (exact) mass is 267 g/mol. The van der Waals surface area contributed by atoms with Crippen LogP contribution in [0.3, 0.4) is 0 Å². The molecule has 1 atom stereocenters. The molecule has 1 aliphatic heterocycles. The van der Waals surface area contributed by atoms with E-state index in [9.17, 15) is 0 Å². The Morgan fingerprint density at radius 3 is 2.95 bits per heavy atom. The van der Waals surface area contributed by atoms with Crippen LogP contribution in [0.5, 0.6) is 0 Å². The van der Waals surface area contributed by atoms with E-state index in [0.717, 1.165) is 31.0 Å². The first kappa shape index (κ1) is 13.3. The minimum absolute atomic E-state index is 0.684. The van der Waals surface area contributed by atoms with Crippen LogP contribution in [0.15, 0.2) is 30.5 Å². The molecule has 3 nitrogen and oxygen atoms in total. The van der Waals surface area contributed by atoms with Crippen LogP contribution in [0.4, 0.5) is 0 Å². The van der Waals surface area contributed by atoms with Gasteiger partial charge in [0.25, 0.3) is 0 Å². The summed E-state index contributed by atoms with van der Waals surface area (Å²) in [6, 6.07) is 8.52. The molecule has 0 amide bonds. The van der Waals surface area contributed by atoms with Gasteiger partial charge in [-0.05, 0) is 57.0 Å². The Morgan fingerprint density at radius 1 is 1.25 bits per heavy atom. The SMILES string of the molecule is Cc1ccc(C)c(-c2ccnc(CC3CCNC3)n2)c1. The lowest BCUT2D eigenvalue weighted by Crippen LogP contribution is -2.12. The number of nitrogens with zero attached hydrogens (tertiary/aromatic N) is 2. The Kier molecular flexibility index (Phi) is 3.79. The highest BCUT2D eigenvalue weighted by Gasteiger charge is 2.16. The Bertz CT molecular complexity index is 601. The molecule has 0 aliphatic carbocycles. The number of benzene rings is 1. The van der Waals surface area contributed by atoms with Gasteiger partial charge in [-0.3, -0.25) is 0 Å². The van der Waals surface area contributed by atoms with Gasteiger partial charge in [-0.25, -0.2) is 9.97 Å². The molecule has 0 spiro atoms. The van der Waals surface area contributed by atoms with Gasteiger partial charge in [0.15, 0.2) is 0 Å². The molecule has 3 heteroatoms. The fraction of sp³-hybridized carbons (Fsp3) is 0.412. The van der Waals surface area contributed by atoms with Crippen molar-refractivity contribution in [1.82, 2.24) is 15.3 Å². The van der Waals surface area contributed by atoms with Gasteiger partial charge >= 0.3 is 0 Å².